The summed E-state index contributed by atoms with van der Waals surface area (Å²) in [7, 11) is 0. The number of hydrogen-bond acceptors (Lipinski definition) is 8. The third-order valence-electron chi connectivity index (χ3n) is 4.76. The Kier molecular flexibility index (Phi) is 6.55. The van der Waals surface area contributed by atoms with Crippen LogP contribution in [0.25, 0.3) is 0 Å². The molecule has 1 unspecified atom stereocenters. The first-order valence-corrected chi connectivity index (χ1v) is 10.7. The zero-order valence-electron chi connectivity index (χ0n) is 17.0. The number of hydrogen-bond donors (Lipinski definition) is 0. The third-order valence-corrected chi connectivity index (χ3v) is 5.83. The van der Waals surface area contributed by atoms with Gasteiger partial charge in [-0.15, -0.1) is 0 Å². The molecule has 2 amide bonds. The number of amides is 2. The second-order valence-corrected chi connectivity index (χ2v) is 8.13. The molecule has 0 N–H and O–H groups in total. The van der Waals surface area contributed by atoms with Gasteiger partial charge in [0.15, 0.2) is 17.5 Å². The van der Waals surface area contributed by atoms with Gasteiger partial charge in [0.2, 0.25) is 11.8 Å². The fraction of sp³-hybridized carbons (Fsp3) is 0.130. The lowest BCUT2D eigenvalue weighted by molar-refractivity contribution is -0.121. The van der Waals surface area contributed by atoms with E-state index >= 15 is 0 Å². The second-order valence-electron chi connectivity index (χ2n) is 6.96. The summed E-state index contributed by atoms with van der Waals surface area (Å²) in [6.07, 6.45) is 3.12. The number of ether oxygens (including phenoxy) is 1. The van der Waals surface area contributed by atoms with Crippen molar-refractivity contribution in [3.63, 3.8) is 0 Å². The number of Topliss-reactive ketones (excluding diaryl/α,β-unsaturated/α-hetero) is 1. The molecule has 33 heavy (non-hydrogen) atoms. The van der Waals surface area contributed by atoms with E-state index < -0.39 is 35.3 Å². The van der Waals surface area contributed by atoms with Crippen molar-refractivity contribution in [2.75, 3.05) is 11.5 Å². The summed E-state index contributed by atoms with van der Waals surface area (Å²) >= 11 is 1.12. The van der Waals surface area contributed by atoms with Crippen LogP contribution in [0.1, 0.15) is 27.1 Å². The number of halogens is 1. The van der Waals surface area contributed by atoms with Gasteiger partial charge in [0.1, 0.15) is 11.1 Å². The maximum Gasteiger partial charge on any atom is 0.338 e. The van der Waals surface area contributed by atoms with Gasteiger partial charge in [0.05, 0.1) is 11.3 Å². The van der Waals surface area contributed by atoms with E-state index in [1.165, 1.54) is 36.4 Å². The number of imide groups is 1. The summed E-state index contributed by atoms with van der Waals surface area (Å²) in [4.78, 5) is 58.7. The SMILES string of the molecule is O=C(COC(=O)c1ccc(N2C(=O)CC(Sc3ncccn3)C2=O)cc1)c1ccc(F)cc1. The highest BCUT2D eigenvalue weighted by Crippen LogP contribution is 2.32. The van der Waals surface area contributed by atoms with Crippen molar-refractivity contribution >= 4 is 41.0 Å². The summed E-state index contributed by atoms with van der Waals surface area (Å²) in [6.45, 7) is -0.504. The van der Waals surface area contributed by atoms with Gasteiger partial charge in [0, 0.05) is 24.4 Å². The normalized spacial score (nSPS) is 15.5. The lowest BCUT2D eigenvalue weighted by Crippen LogP contribution is -2.31. The molecule has 166 valence electrons. The molecule has 1 aromatic heterocycles. The molecular weight excluding hydrogens is 449 g/mol. The Morgan fingerprint density at radius 1 is 1.00 bits per heavy atom. The molecule has 3 aromatic rings. The largest absolute Gasteiger partial charge is 0.454 e. The zero-order valence-corrected chi connectivity index (χ0v) is 17.8. The molecule has 2 heterocycles. The molecule has 1 aliphatic heterocycles. The van der Waals surface area contributed by atoms with Crippen LogP contribution < -0.4 is 4.90 Å². The number of nitrogens with zero attached hydrogens (tertiary/aromatic N) is 3. The zero-order chi connectivity index (χ0) is 23.4. The standard InChI is InChI=1S/C23H16FN3O5S/c24-16-6-2-14(3-7-16)18(28)13-32-22(31)15-4-8-17(9-5-15)27-20(29)12-19(21(27)30)33-23-25-10-1-11-26-23/h1-11,19H,12-13H2. The molecule has 2 aromatic carbocycles. The molecule has 1 atom stereocenters. The van der Waals surface area contributed by atoms with Gasteiger partial charge in [0.25, 0.3) is 0 Å². The fourth-order valence-corrected chi connectivity index (χ4v) is 4.05. The average Bonchev–Trinajstić information content (AvgIpc) is 3.11. The highest BCUT2D eigenvalue weighted by atomic mass is 32.2. The first-order valence-electron chi connectivity index (χ1n) is 9.79. The van der Waals surface area contributed by atoms with E-state index in [-0.39, 0.29) is 23.5 Å². The molecule has 0 spiro atoms. The van der Waals surface area contributed by atoms with Gasteiger partial charge in [-0.05, 0) is 54.6 Å². The van der Waals surface area contributed by atoms with Crippen LogP contribution in [0, 0.1) is 5.82 Å². The van der Waals surface area contributed by atoms with Crippen molar-refractivity contribution in [1.82, 2.24) is 9.97 Å². The molecule has 1 saturated heterocycles. The number of rotatable bonds is 7. The monoisotopic (exact) mass is 465 g/mol. The van der Waals surface area contributed by atoms with E-state index in [0.717, 1.165) is 28.8 Å². The van der Waals surface area contributed by atoms with Crippen molar-refractivity contribution in [2.45, 2.75) is 16.8 Å². The Morgan fingerprint density at radius 2 is 1.64 bits per heavy atom. The maximum atomic E-state index is 12.9. The van der Waals surface area contributed by atoms with Gasteiger partial charge >= 0.3 is 5.97 Å². The van der Waals surface area contributed by atoms with Crippen LogP contribution in [0.3, 0.4) is 0 Å². The quantitative estimate of drug-likeness (QED) is 0.227. The van der Waals surface area contributed by atoms with Crippen molar-refractivity contribution < 1.29 is 28.3 Å². The molecule has 0 bridgehead atoms. The van der Waals surface area contributed by atoms with Gasteiger partial charge in [-0.3, -0.25) is 14.4 Å². The van der Waals surface area contributed by atoms with Gasteiger partial charge in [-0.2, -0.15) is 0 Å². The molecule has 8 nitrogen and oxygen atoms in total. The molecule has 1 aliphatic rings. The number of benzene rings is 2. The minimum atomic E-state index is -0.745. The van der Waals surface area contributed by atoms with Crippen molar-refractivity contribution in [3.05, 3.63) is 83.9 Å². The van der Waals surface area contributed by atoms with Crippen LogP contribution in [-0.2, 0) is 14.3 Å². The predicted molar refractivity (Wildman–Crippen MR) is 116 cm³/mol. The molecule has 0 aliphatic carbocycles. The van der Waals surface area contributed by atoms with E-state index in [1.807, 2.05) is 0 Å². The molecular formula is C23H16FN3O5S. The van der Waals surface area contributed by atoms with Crippen LogP contribution in [-0.4, -0.2) is 45.4 Å². The molecule has 0 saturated carbocycles. The Morgan fingerprint density at radius 3 is 2.30 bits per heavy atom. The Balaban J connectivity index is 1.37. The first-order chi connectivity index (χ1) is 15.9. The molecule has 0 radical (unpaired) electrons. The van der Waals surface area contributed by atoms with Gasteiger partial charge in [-0.1, -0.05) is 11.8 Å². The number of aromatic nitrogens is 2. The topological polar surface area (TPSA) is 107 Å². The maximum absolute atomic E-state index is 12.9. The lowest BCUT2D eigenvalue weighted by atomic mass is 10.1. The molecule has 10 heteroatoms. The summed E-state index contributed by atoms with van der Waals surface area (Å²) in [5.74, 6) is -2.45. The Bertz CT molecular complexity index is 1200. The number of carbonyl (C=O) groups is 4. The molecule has 4 rings (SSSR count). The van der Waals surface area contributed by atoms with E-state index in [1.54, 1.807) is 18.5 Å². The van der Waals surface area contributed by atoms with Crippen molar-refractivity contribution in [2.24, 2.45) is 0 Å². The van der Waals surface area contributed by atoms with Crippen molar-refractivity contribution in [3.8, 4) is 0 Å². The van der Waals surface area contributed by atoms with E-state index in [4.69, 9.17) is 4.74 Å². The minimum Gasteiger partial charge on any atom is -0.454 e. The van der Waals surface area contributed by atoms with E-state index in [0.29, 0.717) is 10.8 Å². The number of esters is 1. The summed E-state index contributed by atoms with van der Waals surface area (Å²) in [5.41, 5.74) is 0.688. The van der Waals surface area contributed by atoms with Crippen LogP contribution in [0.15, 0.2) is 72.1 Å². The van der Waals surface area contributed by atoms with Gasteiger partial charge < -0.3 is 4.74 Å². The number of ketones is 1. The number of thioether (sulfide) groups is 1. The fourth-order valence-electron chi connectivity index (χ4n) is 3.12. The lowest BCUT2D eigenvalue weighted by Gasteiger charge is -2.15. The Hall–Kier alpha value is -3.92. The highest BCUT2D eigenvalue weighted by Gasteiger charge is 2.40. The van der Waals surface area contributed by atoms with Crippen LogP contribution in [0.2, 0.25) is 0 Å². The summed E-state index contributed by atoms with van der Waals surface area (Å²) < 4.78 is 18.0. The van der Waals surface area contributed by atoms with Crippen molar-refractivity contribution in [1.29, 1.82) is 0 Å². The van der Waals surface area contributed by atoms with Crippen LogP contribution in [0.4, 0.5) is 10.1 Å². The molecule has 1 fully saturated rings. The highest BCUT2D eigenvalue weighted by molar-refractivity contribution is 8.00. The van der Waals surface area contributed by atoms with Crippen LogP contribution >= 0.6 is 11.8 Å². The Labute approximate surface area is 191 Å². The third kappa shape index (κ3) is 5.12. The minimum absolute atomic E-state index is 0.0110. The van der Waals surface area contributed by atoms with E-state index in [9.17, 15) is 23.6 Å². The first kappa shape index (κ1) is 22.3. The predicted octanol–water partition coefficient (Wildman–Crippen LogP) is 3.08. The van der Waals surface area contributed by atoms with Gasteiger partial charge in [-0.25, -0.2) is 24.1 Å². The smallest absolute Gasteiger partial charge is 0.338 e. The average molecular weight is 465 g/mol. The summed E-state index contributed by atoms with van der Waals surface area (Å²) in [6, 6.07) is 12.3. The number of anilines is 1. The van der Waals surface area contributed by atoms with Crippen LogP contribution in [0.5, 0.6) is 0 Å². The number of carbonyl (C=O) groups excluding carboxylic acids is 4. The van der Waals surface area contributed by atoms with E-state index in [2.05, 4.69) is 9.97 Å². The second kappa shape index (κ2) is 9.70. The summed E-state index contributed by atoms with van der Waals surface area (Å²) in [5, 5.41) is -0.235.